The first-order valence-corrected chi connectivity index (χ1v) is 15.3. The zero-order valence-corrected chi connectivity index (χ0v) is 26.1. The second kappa shape index (κ2) is 13.6. The summed E-state index contributed by atoms with van der Waals surface area (Å²) >= 11 is 6.90. The van der Waals surface area contributed by atoms with Crippen LogP contribution in [0.25, 0.3) is 6.08 Å². The van der Waals surface area contributed by atoms with Gasteiger partial charge in [-0.25, -0.2) is 0 Å². The molecule has 0 saturated carbocycles. The van der Waals surface area contributed by atoms with Crippen LogP contribution < -0.4 is 19.9 Å². The maximum Gasteiger partial charge on any atom is 0.270 e. The molecule has 0 aliphatic carbocycles. The average Bonchev–Trinajstić information content (AvgIpc) is 3.23. The predicted octanol–water partition coefficient (Wildman–Crippen LogP) is 5.53. The van der Waals surface area contributed by atoms with Crippen molar-refractivity contribution < 1.29 is 14.3 Å². The van der Waals surface area contributed by atoms with Crippen molar-refractivity contribution in [3.05, 3.63) is 55.7 Å². The van der Waals surface area contributed by atoms with Crippen LogP contribution in [0, 0.1) is 24.2 Å². The zero-order valence-electron chi connectivity index (χ0n) is 24.5. The number of pyridine rings is 1. The van der Waals surface area contributed by atoms with Crippen LogP contribution >= 0.6 is 24.0 Å². The van der Waals surface area contributed by atoms with E-state index in [-0.39, 0.29) is 17.0 Å². The Morgan fingerprint density at radius 2 is 1.95 bits per heavy atom. The summed E-state index contributed by atoms with van der Waals surface area (Å²) in [6, 6.07) is 7.85. The minimum atomic E-state index is -0.258. The summed E-state index contributed by atoms with van der Waals surface area (Å²) in [5.74, 6) is 2.41. The molecule has 1 aromatic carbocycles. The van der Waals surface area contributed by atoms with Gasteiger partial charge in [-0.3, -0.25) is 19.1 Å². The molecular formula is C31H38N4O4S2. The van der Waals surface area contributed by atoms with E-state index in [0.29, 0.717) is 51.7 Å². The topological polar surface area (TPSA) is 87.8 Å². The Bertz CT molecular complexity index is 1460. The highest BCUT2D eigenvalue weighted by Gasteiger charge is 2.33. The van der Waals surface area contributed by atoms with Crippen molar-refractivity contribution in [3.63, 3.8) is 0 Å². The van der Waals surface area contributed by atoms with E-state index in [4.69, 9.17) is 21.7 Å². The highest BCUT2D eigenvalue weighted by atomic mass is 32.2. The van der Waals surface area contributed by atoms with Crippen molar-refractivity contribution in [3.8, 4) is 17.6 Å². The summed E-state index contributed by atoms with van der Waals surface area (Å²) in [5.41, 5.74) is 2.23. The third-order valence-corrected chi connectivity index (χ3v) is 9.14. The number of hydrogen-bond acceptors (Lipinski definition) is 8. The number of carbonyl (C=O) groups excluding carboxylic acids is 1. The number of amides is 1. The largest absolute Gasteiger partial charge is 0.493 e. The number of thioether (sulfide) groups is 1. The highest BCUT2D eigenvalue weighted by Crippen LogP contribution is 2.37. The number of nitrogens with zero attached hydrogens (tertiary/aromatic N) is 4. The molecule has 8 nitrogen and oxygen atoms in total. The van der Waals surface area contributed by atoms with Gasteiger partial charge in [0.25, 0.3) is 11.5 Å². The molecule has 1 unspecified atom stereocenters. The molecule has 218 valence electrons. The summed E-state index contributed by atoms with van der Waals surface area (Å²) in [4.78, 5) is 31.6. The molecule has 3 heterocycles. The number of carbonyl (C=O) groups is 1. The number of ether oxygens (including phenoxy) is 2. The van der Waals surface area contributed by atoms with Gasteiger partial charge in [0.15, 0.2) is 11.5 Å². The first-order chi connectivity index (χ1) is 19.7. The van der Waals surface area contributed by atoms with Gasteiger partial charge in [0, 0.05) is 31.7 Å². The second-order valence-corrected chi connectivity index (χ2v) is 12.3. The molecule has 0 bridgehead atoms. The van der Waals surface area contributed by atoms with Crippen LogP contribution in [-0.4, -0.2) is 53.5 Å². The molecule has 1 atom stereocenters. The van der Waals surface area contributed by atoms with E-state index < -0.39 is 0 Å². The monoisotopic (exact) mass is 594 g/mol. The minimum absolute atomic E-state index is 0.130. The van der Waals surface area contributed by atoms with Gasteiger partial charge in [0.2, 0.25) is 0 Å². The lowest BCUT2D eigenvalue weighted by molar-refractivity contribution is -0.122. The maximum atomic E-state index is 13.7. The Morgan fingerprint density at radius 1 is 1.20 bits per heavy atom. The van der Waals surface area contributed by atoms with Crippen molar-refractivity contribution in [1.29, 1.82) is 5.26 Å². The van der Waals surface area contributed by atoms with Gasteiger partial charge in [-0.15, -0.1) is 0 Å². The van der Waals surface area contributed by atoms with E-state index in [9.17, 15) is 14.9 Å². The van der Waals surface area contributed by atoms with Crippen LogP contribution in [0.2, 0.25) is 0 Å². The van der Waals surface area contributed by atoms with Crippen molar-refractivity contribution in [2.24, 2.45) is 5.92 Å². The number of benzene rings is 1. The van der Waals surface area contributed by atoms with Crippen molar-refractivity contribution >= 4 is 46.1 Å². The Kier molecular flexibility index (Phi) is 10.2. The van der Waals surface area contributed by atoms with Crippen LogP contribution in [0.5, 0.6) is 11.5 Å². The number of thiocarbonyl (C=S) groups is 1. The smallest absolute Gasteiger partial charge is 0.270 e. The Morgan fingerprint density at radius 3 is 2.61 bits per heavy atom. The molecule has 41 heavy (non-hydrogen) atoms. The van der Waals surface area contributed by atoms with Crippen LogP contribution in [0.1, 0.15) is 61.8 Å². The van der Waals surface area contributed by atoms with E-state index in [2.05, 4.69) is 24.8 Å². The molecule has 2 aliphatic rings. The second-order valence-electron chi connectivity index (χ2n) is 10.6. The van der Waals surface area contributed by atoms with E-state index in [1.807, 2.05) is 31.2 Å². The summed E-state index contributed by atoms with van der Waals surface area (Å²) in [7, 11) is 3.19. The van der Waals surface area contributed by atoms with E-state index in [1.54, 1.807) is 23.7 Å². The molecule has 0 spiro atoms. The van der Waals surface area contributed by atoms with Gasteiger partial charge in [0.05, 0.1) is 19.1 Å². The van der Waals surface area contributed by atoms with Crippen LogP contribution in [0.4, 0.5) is 5.82 Å². The Labute approximate surface area is 251 Å². The molecule has 2 aromatic rings. The standard InChI is InChI=1S/C31H38N4O4S2/c1-6-7-14-34-28(33-13-8-9-20(2)19-33)23(21(3)24(18-32)29(34)36)17-27-30(37)35(31(40)41-27)15-12-22-10-11-25(38-4)26(16-22)39-5/h10-11,16-17,20H,6-9,12-15,19H2,1-5H3/b27-17+. The quantitative estimate of drug-likeness (QED) is 0.262. The van der Waals surface area contributed by atoms with Crippen molar-refractivity contribution in [2.45, 2.75) is 59.4 Å². The molecule has 4 rings (SSSR count). The lowest BCUT2D eigenvalue weighted by Gasteiger charge is -2.36. The third-order valence-electron chi connectivity index (χ3n) is 7.76. The summed E-state index contributed by atoms with van der Waals surface area (Å²) in [6.45, 7) is 8.72. The number of rotatable bonds is 10. The fourth-order valence-electron chi connectivity index (χ4n) is 5.49. The van der Waals surface area contributed by atoms with E-state index in [1.165, 1.54) is 11.8 Å². The number of hydrogen-bond donors (Lipinski definition) is 0. The number of anilines is 1. The molecular weight excluding hydrogens is 556 g/mol. The molecule has 2 saturated heterocycles. The SMILES string of the molecule is CCCCn1c(N2CCCC(C)C2)c(/C=C2/SC(=S)N(CCc3ccc(OC)c(OC)c3)C2=O)c(C)c(C#N)c1=O. The molecule has 2 aliphatic heterocycles. The van der Waals surface area contributed by atoms with Gasteiger partial charge >= 0.3 is 0 Å². The lowest BCUT2D eigenvalue weighted by atomic mass is 9.98. The van der Waals surface area contributed by atoms with Gasteiger partial charge in [-0.2, -0.15) is 5.26 Å². The first-order valence-electron chi connectivity index (χ1n) is 14.1. The van der Waals surface area contributed by atoms with E-state index >= 15 is 0 Å². The van der Waals surface area contributed by atoms with E-state index in [0.717, 1.165) is 55.7 Å². The van der Waals surface area contributed by atoms with Crippen LogP contribution in [0.15, 0.2) is 27.9 Å². The number of aromatic nitrogens is 1. The molecule has 10 heteroatoms. The Balaban J connectivity index is 1.71. The minimum Gasteiger partial charge on any atom is -0.493 e. The van der Waals surface area contributed by atoms with Gasteiger partial charge in [0.1, 0.15) is 21.8 Å². The van der Waals surface area contributed by atoms with Crippen LogP contribution in [-0.2, 0) is 17.8 Å². The van der Waals surface area contributed by atoms with Gasteiger partial charge in [-0.1, -0.05) is 50.3 Å². The number of methoxy groups -OCH3 is 2. The summed E-state index contributed by atoms with van der Waals surface area (Å²) in [5, 5.41) is 9.95. The number of piperidine rings is 1. The number of unbranched alkanes of at least 4 members (excludes halogenated alkanes) is 1. The molecule has 0 radical (unpaired) electrons. The summed E-state index contributed by atoms with van der Waals surface area (Å²) in [6.07, 6.45) is 6.35. The Hall–Kier alpha value is -3.29. The highest BCUT2D eigenvalue weighted by molar-refractivity contribution is 8.26. The lowest BCUT2D eigenvalue weighted by Crippen LogP contribution is -2.40. The van der Waals surface area contributed by atoms with Gasteiger partial charge < -0.3 is 14.4 Å². The van der Waals surface area contributed by atoms with Crippen molar-refractivity contribution in [1.82, 2.24) is 9.47 Å². The normalized spacial score (nSPS) is 18.2. The third kappa shape index (κ3) is 6.47. The number of nitriles is 1. The molecule has 0 N–H and O–H groups in total. The van der Waals surface area contributed by atoms with Crippen LogP contribution in [0.3, 0.4) is 0 Å². The fourth-order valence-corrected chi connectivity index (χ4v) is 6.78. The van der Waals surface area contributed by atoms with Crippen molar-refractivity contribution in [2.75, 3.05) is 38.8 Å². The molecule has 1 amide bonds. The maximum absolute atomic E-state index is 13.7. The molecule has 1 aromatic heterocycles. The predicted molar refractivity (Wildman–Crippen MR) is 169 cm³/mol. The average molecular weight is 595 g/mol. The zero-order chi connectivity index (χ0) is 29.7. The fraction of sp³-hybridized carbons (Fsp3) is 0.484. The summed E-state index contributed by atoms with van der Waals surface area (Å²) < 4.78 is 13.0. The van der Waals surface area contributed by atoms with Gasteiger partial charge in [-0.05, 0) is 67.9 Å². The first kappa shape index (κ1) is 30.7. The molecule has 2 fully saturated rings.